The van der Waals surface area contributed by atoms with Gasteiger partial charge in [0.2, 0.25) is 10.0 Å². The fourth-order valence-corrected chi connectivity index (χ4v) is 5.28. The van der Waals surface area contributed by atoms with E-state index in [1.165, 1.54) is 35.6 Å². The van der Waals surface area contributed by atoms with Crippen molar-refractivity contribution in [2.24, 2.45) is 0 Å². The van der Waals surface area contributed by atoms with Crippen molar-refractivity contribution in [2.75, 3.05) is 44.0 Å². The molecule has 200 valence electrons. The van der Waals surface area contributed by atoms with E-state index < -0.39 is 46.7 Å². The van der Waals surface area contributed by atoms with Crippen LogP contribution in [-0.4, -0.2) is 76.4 Å². The first-order valence-electron chi connectivity index (χ1n) is 11.6. The molecule has 0 radical (unpaired) electrons. The highest BCUT2D eigenvalue weighted by Gasteiger charge is 2.34. The molecule has 1 aliphatic heterocycles. The summed E-state index contributed by atoms with van der Waals surface area (Å²) in [6.07, 6.45) is -1.25. The van der Waals surface area contributed by atoms with Gasteiger partial charge in [-0.2, -0.15) is 0 Å². The number of carbonyl (C=O) groups excluding carboxylic acids is 1. The number of anilines is 1. The van der Waals surface area contributed by atoms with Crippen LogP contribution in [0.2, 0.25) is 0 Å². The summed E-state index contributed by atoms with van der Waals surface area (Å²) in [5, 5.41) is 21.6. The van der Waals surface area contributed by atoms with E-state index in [2.05, 4.69) is 5.32 Å². The van der Waals surface area contributed by atoms with Crippen LogP contribution in [0.25, 0.3) is 22.3 Å². The molecule has 3 N–H and O–H groups in total. The second-order valence-corrected chi connectivity index (χ2v) is 10.8. The number of carbonyl (C=O) groups is 1. The summed E-state index contributed by atoms with van der Waals surface area (Å²) < 4.78 is 58.0. The van der Waals surface area contributed by atoms with Crippen LogP contribution in [0.4, 0.5) is 10.1 Å². The Labute approximate surface area is 213 Å². The third-order valence-electron chi connectivity index (χ3n) is 6.10. The third-order valence-corrected chi connectivity index (χ3v) is 7.24. The van der Waals surface area contributed by atoms with Crippen LogP contribution < -0.4 is 9.62 Å². The molecule has 0 aliphatic carbocycles. The van der Waals surface area contributed by atoms with Gasteiger partial charge in [0.25, 0.3) is 5.91 Å². The maximum Gasteiger partial charge on any atom is 0.255 e. The number of amides is 1. The Morgan fingerprint density at radius 3 is 2.62 bits per heavy atom. The minimum absolute atomic E-state index is 0.0181. The molecule has 0 saturated heterocycles. The topological polar surface area (TPSA) is 139 Å². The van der Waals surface area contributed by atoms with E-state index in [1.807, 2.05) is 0 Å². The highest BCUT2D eigenvalue weighted by atomic mass is 32.2. The molecule has 3 atom stereocenters. The van der Waals surface area contributed by atoms with E-state index >= 15 is 0 Å². The van der Waals surface area contributed by atoms with Gasteiger partial charge >= 0.3 is 0 Å². The van der Waals surface area contributed by atoms with Gasteiger partial charge in [-0.25, -0.2) is 12.8 Å². The highest BCUT2D eigenvalue weighted by Crippen LogP contribution is 2.42. The molecule has 10 nitrogen and oxygen atoms in total. The predicted molar refractivity (Wildman–Crippen MR) is 134 cm³/mol. The van der Waals surface area contributed by atoms with Gasteiger partial charge in [-0.3, -0.25) is 9.10 Å². The molecule has 0 spiro atoms. The number of benzene rings is 2. The number of nitrogens with zero attached hydrogens (tertiary/aromatic N) is 1. The minimum atomic E-state index is -3.77. The van der Waals surface area contributed by atoms with Gasteiger partial charge in [-0.05, 0) is 37.3 Å². The fourth-order valence-electron chi connectivity index (χ4n) is 4.33. The number of hydrogen-bond donors (Lipinski definition) is 3. The average Bonchev–Trinajstić information content (AvgIpc) is 3.16. The Bertz CT molecular complexity index is 1390. The molecule has 12 heteroatoms. The van der Waals surface area contributed by atoms with E-state index in [0.29, 0.717) is 22.2 Å². The number of ether oxygens (including phenoxy) is 2. The van der Waals surface area contributed by atoms with Crippen LogP contribution in [0.1, 0.15) is 28.9 Å². The van der Waals surface area contributed by atoms with Crippen molar-refractivity contribution in [3.63, 3.8) is 0 Å². The lowest BCUT2D eigenvalue weighted by Gasteiger charge is -2.25. The molecule has 37 heavy (non-hydrogen) atoms. The molecule has 4 rings (SSSR count). The van der Waals surface area contributed by atoms with Crippen LogP contribution in [0.5, 0.6) is 0 Å². The van der Waals surface area contributed by atoms with Crippen molar-refractivity contribution in [1.29, 1.82) is 0 Å². The predicted octanol–water partition coefficient (Wildman–Crippen LogP) is 2.19. The van der Waals surface area contributed by atoms with Gasteiger partial charge in [0.05, 0.1) is 50.0 Å². The van der Waals surface area contributed by atoms with Gasteiger partial charge in [0.1, 0.15) is 29.4 Å². The Kier molecular flexibility index (Phi) is 7.85. The number of aliphatic hydroxyl groups excluding tert-OH is 2. The summed E-state index contributed by atoms with van der Waals surface area (Å²) in [5.74, 6) is -0.635. The van der Waals surface area contributed by atoms with Crippen molar-refractivity contribution < 1.29 is 41.7 Å². The van der Waals surface area contributed by atoms with Crippen molar-refractivity contribution in [3.8, 4) is 11.3 Å². The molecule has 1 aromatic heterocycles. The zero-order chi connectivity index (χ0) is 26.9. The maximum absolute atomic E-state index is 13.5. The maximum atomic E-state index is 13.5. The Morgan fingerprint density at radius 1 is 1.30 bits per heavy atom. The quantitative estimate of drug-likeness (QED) is 0.398. The van der Waals surface area contributed by atoms with Crippen molar-refractivity contribution >= 4 is 32.6 Å². The lowest BCUT2D eigenvalue weighted by molar-refractivity contribution is -0.0644. The molecule has 1 aliphatic rings. The molecule has 2 aromatic carbocycles. The molecule has 0 unspecified atom stereocenters. The zero-order valence-electron chi connectivity index (χ0n) is 20.6. The van der Waals surface area contributed by atoms with Crippen molar-refractivity contribution in [2.45, 2.75) is 25.2 Å². The summed E-state index contributed by atoms with van der Waals surface area (Å²) in [5.41, 5.74) is 1.85. The molecule has 0 bridgehead atoms. The van der Waals surface area contributed by atoms with E-state index in [1.54, 1.807) is 19.1 Å². The average molecular weight is 537 g/mol. The summed E-state index contributed by atoms with van der Waals surface area (Å²) in [7, 11) is -2.29. The van der Waals surface area contributed by atoms with E-state index in [9.17, 15) is 22.7 Å². The number of hydrogen-bond acceptors (Lipinski definition) is 8. The zero-order valence-corrected chi connectivity index (χ0v) is 21.4. The van der Waals surface area contributed by atoms with Crippen LogP contribution >= 0.6 is 0 Å². The fraction of sp³-hybridized carbons (Fsp3) is 0.400. The number of furan rings is 1. The molecule has 2 heterocycles. The largest absolute Gasteiger partial charge is 0.455 e. The number of sulfonamides is 1. The number of halogens is 1. The summed E-state index contributed by atoms with van der Waals surface area (Å²) in [6.45, 7) is 1.08. The molecule has 3 aromatic rings. The second-order valence-electron chi connectivity index (χ2n) is 8.87. The molecule has 0 fully saturated rings. The number of rotatable bonds is 8. The second kappa shape index (κ2) is 10.8. The van der Waals surface area contributed by atoms with Gasteiger partial charge in [-0.1, -0.05) is 0 Å². The molecular weight excluding hydrogens is 507 g/mol. The van der Waals surface area contributed by atoms with Crippen molar-refractivity contribution in [1.82, 2.24) is 5.32 Å². The standard InChI is InChI=1S/C25H29FN2O8S/c1-14-19-8-20-22(36-24(23(20)25(31)27-2)15-4-6-16(26)7-5-15)9-21(19)28(37(3,32)33)10-18(35-14)13-34-12-17(30)11-29/h4-9,14,17-18,29-30H,10-13H2,1-3H3,(H,27,31)/t14-,17-,18-/m0/s1. The van der Waals surface area contributed by atoms with Crippen LogP contribution in [-0.2, 0) is 19.5 Å². The van der Waals surface area contributed by atoms with E-state index in [4.69, 9.17) is 19.0 Å². The minimum Gasteiger partial charge on any atom is -0.455 e. The van der Waals surface area contributed by atoms with Gasteiger partial charge in [-0.15, -0.1) is 0 Å². The van der Waals surface area contributed by atoms with Crippen molar-refractivity contribution in [3.05, 3.63) is 53.3 Å². The number of nitrogens with one attached hydrogen (secondary N) is 1. The van der Waals surface area contributed by atoms with E-state index in [-0.39, 0.29) is 36.7 Å². The Hall–Kier alpha value is -3.03. The summed E-state index contributed by atoms with van der Waals surface area (Å²) in [4.78, 5) is 12.9. The number of aliphatic hydroxyl groups is 2. The van der Waals surface area contributed by atoms with Gasteiger partial charge in [0.15, 0.2) is 0 Å². The van der Waals surface area contributed by atoms with Crippen LogP contribution in [0.15, 0.2) is 40.8 Å². The first-order valence-corrected chi connectivity index (χ1v) is 13.5. The van der Waals surface area contributed by atoms with Crippen LogP contribution in [0.3, 0.4) is 0 Å². The first-order chi connectivity index (χ1) is 17.5. The lowest BCUT2D eigenvalue weighted by atomic mass is 10.0. The first kappa shape index (κ1) is 27.0. The summed E-state index contributed by atoms with van der Waals surface area (Å²) >= 11 is 0. The smallest absolute Gasteiger partial charge is 0.255 e. The Balaban J connectivity index is 1.82. The molecule has 0 saturated carbocycles. The molecular formula is C25H29FN2O8S. The third kappa shape index (κ3) is 5.63. The SMILES string of the molecule is CNC(=O)c1c(-c2ccc(F)cc2)oc2cc3c(cc12)[C@H](C)O[C@H](COC[C@@H](O)CO)CN3S(C)(=O)=O. The monoisotopic (exact) mass is 536 g/mol. The number of fused-ring (bicyclic) bond motifs is 2. The van der Waals surface area contributed by atoms with Gasteiger partial charge < -0.3 is 29.4 Å². The summed E-state index contributed by atoms with van der Waals surface area (Å²) in [6, 6.07) is 8.74. The Morgan fingerprint density at radius 2 is 2.00 bits per heavy atom. The lowest BCUT2D eigenvalue weighted by Crippen LogP contribution is -2.39. The van der Waals surface area contributed by atoms with Crippen LogP contribution in [0, 0.1) is 5.82 Å². The normalized spacial score (nSPS) is 18.9. The van der Waals surface area contributed by atoms with Gasteiger partial charge in [0, 0.05) is 29.6 Å². The highest BCUT2D eigenvalue weighted by molar-refractivity contribution is 7.92. The van der Waals surface area contributed by atoms with E-state index in [0.717, 1.165) is 6.26 Å². The molecule has 1 amide bonds.